The van der Waals surface area contributed by atoms with Crippen molar-refractivity contribution in [2.75, 3.05) is 11.1 Å². The van der Waals surface area contributed by atoms with Crippen LogP contribution in [-0.4, -0.2) is 24.3 Å². The number of nitrogen functional groups attached to an aromatic ring is 1. The van der Waals surface area contributed by atoms with E-state index < -0.39 is 0 Å². The number of aromatic nitrogens is 5. The van der Waals surface area contributed by atoms with Crippen molar-refractivity contribution in [3.8, 4) is 11.3 Å². The molecule has 8 heteroatoms. The topological polar surface area (TPSA) is 86.6 Å². The van der Waals surface area contributed by atoms with Gasteiger partial charge < -0.3 is 15.6 Å². The van der Waals surface area contributed by atoms with E-state index in [2.05, 4.69) is 37.1 Å². The highest BCUT2D eigenvalue weighted by molar-refractivity contribution is 6.33. The number of anilines is 3. The van der Waals surface area contributed by atoms with E-state index in [1.54, 1.807) is 12.4 Å². The first-order chi connectivity index (χ1) is 15.1. The second kappa shape index (κ2) is 7.77. The van der Waals surface area contributed by atoms with E-state index in [9.17, 15) is 0 Å². The number of nitrogens with two attached hydrogens (primary N) is 1. The van der Waals surface area contributed by atoms with Crippen LogP contribution in [0.25, 0.3) is 22.2 Å². The van der Waals surface area contributed by atoms with E-state index in [1.165, 1.54) is 0 Å². The molecule has 0 spiro atoms. The molecule has 31 heavy (non-hydrogen) atoms. The summed E-state index contributed by atoms with van der Waals surface area (Å²) >= 11 is 6.46. The van der Waals surface area contributed by atoms with Gasteiger partial charge in [0, 0.05) is 41.6 Å². The van der Waals surface area contributed by atoms with Crippen LogP contribution in [0.5, 0.6) is 0 Å². The molecule has 3 heterocycles. The van der Waals surface area contributed by atoms with Gasteiger partial charge in [0.1, 0.15) is 0 Å². The van der Waals surface area contributed by atoms with Crippen molar-refractivity contribution in [2.24, 2.45) is 7.05 Å². The smallest absolute Gasteiger partial charge is 0.227 e. The van der Waals surface area contributed by atoms with Gasteiger partial charge in [-0.25, -0.2) is 9.97 Å². The van der Waals surface area contributed by atoms with E-state index in [1.807, 2.05) is 60.5 Å². The van der Waals surface area contributed by atoms with Gasteiger partial charge >= 0.3 is 0 Å². The molecule has 5 rings (SSSR count). The van der Waals surface area contributed by atoms with E-state index >= 15 is 0 Å². The Balaban J connectivity index is 1.41. The maximum atomic E-state index is 6.46. The lowest BCUT2D eigenvalue weighted by Gasteiger charge is -2.06. The second-order valence-electron chi connectivity index (χ2n) is 7.35. The Morgan fingerprint density at radius 2 is 1.84 bits per heavy atom. The molecule has 0 fully saturated rings. The van der Waals surface area contributed by atoms with Crippen molar-refractivity contribution < 1.29 is 0 Å². The number of para-hydroxylation sites is 1. The Bertz CT molecular complexity index is 1370. The molecule has 0 aliphatic heterocycles. The predicted molar refractivity (Wildman–Crippen MR) is 124 cm³/mol. The minimum Gasteiger partial charge on any atom is -0.399 e. The summed E-state index contributed by atoms with van der Waals surface area (Å²) in [5.41, 5.74) is 11.2. The molecule has 0 atom stereocenters. The fourth-order valence-electron chi connectivity index (χ4n) is 3.60. The molecule has 3 aromatic heterocycles. The Labute approximate surface area is 184 Å². The van der Waals surface area contributed by atoms with E-state index in [4.69, 9.17) is 17.3 Å². The van der Waals surface area contributed by atoms with Gasteiger partial charge in [0.15, 0.2) is 0 Å². The molecule has 154 valence electrons. The lowest BCUT2D eigenvalue weighted by molar-refractivity contribution is 0.687. The van der Waals surface area contributed by atoms with Gasteiger partial charge in [0.25, 0.3) is 0 Å². The van der Waals surface area contributed by atoms with Crippen molar-refractivity contribution in [1.82, 2.24) is 24.3 Å². The Kier molecular flexibility index (Phi) is 4.80. The normalized spacial score (nSPS) is 11.2. The van der Waals surface area contributed by atoms with Crippen LogP contribution in [0.3, 0.4) is 0 Å². The predicted octanol–water partition coefficient (Wildman–Crippen LogP) is 4.86. The van der Waals surface area contributed by atoms with Crippen LogP contribution in [-0.2, 0) is 13.6 Å². The van der Waals surface area contributed by atoms with E-state index in [0.29, 0.717) is 23.2 Å². The fourth-order valence-corrected chi connectivity index (χ4v) is 3.79. The van der Waals surface area contributed by atoms with Crippen LogP contribution in [0, 0.1) is 0 Å². The highest BCUT2D eigenvalue weighted by Crippen LogP contribution is 2.33. The molecule has 3 N–H and O–H groups in total. The number of nitrogens with zero attached hydrogens (tertiary/aromatic N) is 5. The van der Waals surface area contributed by atoms with Crippen LogP contribution < -0.4 is 11.1 Å². The van der Waals surface area contributed by atoms with Crippen molar-refractivity contribution in [3.05, 3.63) is 83.9 Å². The molecule has 0 radical (unpaired) electrons. The number of aryl methyl sites for hydroxylation is 1. The molecule has 2 aromatic carbocycles. The minimum atomic E-state index is 0.458. The van der Waals surface area contributed by atoms with Gasteiger partial charge in [-0.3, -0.25) is 4.68 Å². The van der Waals surface area contributed by atoms with Crippen LogP contribution in [0.2, 0.25) is 5.02 Å². The summed E-state index contributed by atoms with van der Waals surface area (Å²) in [6.45, 7) is 0.644. The summed E-state index contributed by atoms with van der Waals surface area (Å²) in [7, 11) is 2.01. The first kappa shape index (κ1) is 19.1. The number of hydrogen-bond donors (Lipinski definition) is 2. The third-order valence-corrected chi connectivity index (χ3v) is 5.39. The molecule has 0 saturated heterocycles. The third kappa shape index (κ3) is 3.83. The van der Waals surface area contributed by atoms with Crippen LogP contribution in [0.4, 0.5) is 17.3 Å². The monoisotopic (exact) mass is 429 g/mol. The number of fused-ring (bicyclic) bond motifs is 1. The zero-order chi connectivity index (χ0) is 21.4. The maximum Gasteiger partial charge on any atom is 0.227 e. The quantitative estimate of drug-likeness (QED) is 0.389. The van der Waals surface area contributed by atoms with Crippen molar-refractivity contribution in [1.29, 1.82) is 0 Å². The molecule has 0 aliphatic rings. The first-order valence-electron chi connectivity index (χ1n) is 9.78. The second-order valence-corrected chi connectivity index (χ2v) is 7.76. The zero-order valence-corrected chi connectivity index (χ0v) is 17.6. The first-order valence-corrected chi connectivity index (χ1v) is 10.2. The molecule has 0 saturated carbocycles. The van der Waals surface area contributed by atoms with Crippen molar-refractivity contribution >= 4 is 39.8 Å². The molecule has 5 aromatic rings. The fraction of sp³-hybridized carbons (Fsp3) is 0.0870. The standard InChI is InChI=1S/C23H20ClN7/c1-30-14-19(18-4-2-3-5-21(18)30)22-20(24)11-26-23(29-22)28-17-10-27-31(13-17)12-15-6-8-16(25)9-7-15/h2-11,13-14H,12,25H2,1H3,(H,26,28,29). The molecule has 0 bridgehead atoms. The van der Waals surface area contributed by atoms with Crippen LogP contribution >= 0.6 is 11.6 Å². The Morgan fingerprint density at radius 3 is 2.68 bits per heavy atom. The van der Waals surface area contributed by atoms with Crippen molar-refractivity contribution in [3.63, 3.8) is 0 Å². The number of benzene rings is 2. The lowest BCUT2D eigenvalue weighted by atomic mass is 10.1. The average Bonchev–Trinajstić information content (AvgIpc) is 3.35. The summed E-state index contributed by atoms with van der Waals surface area (Å²) in [6.07, 6.45) is 7.30. The van der Waals surface area contributed by atoms with Crippen molar-refractivity contribution in [2.45, 2.75) is 6.54 Å². The summed E-state index contributed by atoms with van der Waals surface area (Å²) in [5.74, 6) is 0.458. The third-order valence-electron chi connectivity index (χ3n) is 5.11. The summed E-state index contributed by atoms with van der Waals surface area (Å²) in [6, 6.07) is 15.9. The summed E-state index contributed by atoms with van der Waals surface area (Å²) in [5, 5.41) is 9.22. The Morgan fingerprint density at radius 1 is 1.03 bits per heavy atom. The van der Waals surface area contributed by atoms with E-state index in [-0.39, 0.29) is 0 Å². The minimum absolute atomic E-state index is 0.458. The number of halogens is 1. The largest absolute Gasteiger partial charge is 0.399 e. The highest BCUT2D eigenvalue weighted by Gasteiger charge is 2.14. The summed E-state index contributed by atoms with van der Waals surface area (Å²) < 4.78 is 3.91. The van der Waals surface area contributed by atoms with Gasteiger partial charge in [-0.05, 0) is 23.8 Å². The zero-order valence-electron chi connectivity index (χ0n) is 16.8. The van der Waals surface area contributed by atoms with Crippen LogP contribution in [0.15, 0.2) is 73.3 Å². The van der Waals surface area contributed by atoms with Crippen LogP contribution in [0.1, 0.15) is 5.56 Å². The average molecular weight is 430 g/mol. The molecule has 0 unspecified atom stereocenters. The van der Waals surface area contributed by atoms with Gasteiger partial charge in [0.05, 0.1) is 35.3 Å². The molecule has 0 aliphatic carbocycles. The lowest BCUT2D eigenvalue weighted by Crippen LogP contribution is -2.00. The number of nitrogens with one attached hydrogen (secondary N) is 1. The SMILES string of the molecule is Cn1cc(-c2nc(Nc3cnn(Cc4ccc(N)cc4)c3)ncc2Cl)c2ccccc21. The molecule has 7 nitrogen and oxygen atoms in total. The summed E-state index contributed by atoms with van der Waals surface area (Å²) in [4.78, 5) is 9.02. The number of rotatable bonds is 5. The molecular formula is C23H20ClN7. The molecule has 0 amide bonds. The van der Waals surface area contributed by atoms with E-state index in [0.717, 1.165) is 33.4 Å². The van der Waals surface area contributed by atoms with Gasteiger partial charge in [-0.2, -0.15) is 5.10 Å². The van der Waals surface area contributed by atoms with Gasteiger partial charge in [-0.15, -0.1) is 0 Å². The number of hydrogen-bond acceptors (Lipinski definition) is 5. The molecular weight excluding hydrogens is 410 g/mol. The highest BCUT2D eigenvalue weighted by atomic mass is 35.5. The Hall–Kier alpha value is -3.84. The van der Waals surface area contributed by atoms with Gasteiger partial charge in [-0.1, -0.05) is 41.9 Å². The maximum absolute atomic E-state index is 6.46. The van der Waals surface area contributed by atoms with Gasteiger partial charge in [0.2, 0.25) is 5.95 Å².